The van der Waals surface area contributed by atoms with E-state index >= 15 is 0 Å². The molecule has 0 heterocycles. The first kappa shape index (κ1) is 22.4. The van der Waals surface area contributed by atoms with E-state index in [4.69, 9.17) is 5.73 Å². The standard InChI is InChI=1S/C19H41N3O/c1-2-3-4-5-6-7-8-9-10-14-19(23)22-18-12-11-16-21-17-13-15-20/h21H,2-18,20H2,1H3,(H,22,23). The van der Waals surface area contributed by atoms with Crippen molar-refractivity contribution in [2.24, 2.45) is 5.73 Å². The van der Waals surface area contributed by atoms with E-state index in [0.29, 0.717) is 6.42 Å². The topological polar surface area (TPSA) is 67.2 Å². The maximum absolute atomic E-state index is 11.7. The Balaban J connectivity index is 3.13. The number of carbonyl (C=O) groups is 1. The monoisotopic (exact) mass is 327 g/mol. The third kappa shape index (κ3) is 19.3. The highest BCUT2D eigenvalue weighted by molar-refractivity contribution is 5.75. The molecule has 0 aromatic heterocycles. The quantitative estimate of drug-likeness (QED) is 0.336. The van der Waals surface area contributed by atoms with Crippen LogP contribution in [-0.2, 0) is 4.79 Å². The van der Waals surface area contributed by atoms with Crippen LogP contribution in [0.4, 0.5) is 0 Å². The Morgan fingerprint density at radius 2 is 1.30 bits per heavy atom. The fourth-order valence-electron chi connectivity index (χ4n) is 2.64. The van der Waals surface area contributed by atoms with E-state index in [-0.39, 0.29) is 5.91 Å². The van der Waals surface area contributed by atoms with Crippen molar-refractivity contribution in [1.82, 2.24) is 10.6 Å². The predicted octanol–water partition coefficient (Wildman–Crippen LogP) is 3.74. The number of hydrogen-bond acceptors (Lipinski definition) is 3. The Labute approximate surface area is 144 Å². The summed E-state index contributed by atoms with van der Waals surface area (Å²) in [7, 11) is 0. The first-order valence-electron chi connectivity index (χ1n) is 9.98. The minimum Gasteiger partial charge on any atom is -0.356 e. The van der Waals surface area contributed by atoms with Gasteiger partial charge in [0.2, 0.25) is 5.91 Å². The van der Waals surface area contributed by atoms with Crippen LogP contribution in [0.15, 0.2) is 0 Å². The van der Waals surface area contributed by atoms with Gasteiger partial charge in [0.05, 0.1) is 0 Å². The third-order valence-electron chi connectivity index (χ3n) is 4.17. The molecular formula is C19H41N3O. The van der Waals surface area contributed by atoms with Crippen LogP contribution in [-0.4, -0.2) is 32.1 Å². The summed E-state index contributed by atoms with van der Waals surface area (Å²) in [4.78, 5) is 11.7. The molecule has 4 heteroatoms. The lowest BCUT2D eigenvalue weighted by molar-refractivity contribution is -0.121. The molecule has 23 heavy (non-hydrogen) atoms. The van der Waals surface area contributed by atoms with Gasteiger partial charge in [-0.05, 0) is 45.3 Å². The molecule has 0 radical (unpaired) electrons. The van der Waals surface area contributed by atoms with Crippen LogP contribution in [0, 0.1) is 0 Å². The largest absolute Gasteiger partial charge is 0.356 e. The van der Waals surface area contributed by atoms with E-state index in [1.165, 1.54) is 51.4 Å². The summed E-state index contributed by atoms with van der Waals surface area (Å²) in [6.07, 6.45) is 15.6. The molecular weight excluding hydrogens is 286 g/mol. The van der Waals surface area contributed by atoms with E-state index in [2.05, 4.69) is 17.6 Å². The van der Waals surface area contributed by atoms with E-state index in [9.17, 15) is 4.79 Å². The number of hydrogen-bond donors (Lipinski definition) is 3. The van der Waals surface area contributed by atoms with Gasteiger partial charge in [-0.2, -0.15) is 0 Å². The Kier molecular flexibility index (Phi) is 18.9. The molecule has 0 atom stereocenters. The minimum absolute atomic E-state index is 0.226. The normalized spacial score (nSPS) is 10.9. The third-order valence-corrected chi connectivity index (χ3v) is 4.17. The molecule has 0 aromatic rings. The van der Waals surface area contributed by atoms with E-state index in [0.717, 1.165) is 51.9 Å². The molecule has 0 bridgehead atoms. The van der Waals surface area contributed by atoms with Crippen LogP contribution < -0.4 is 16.4 Å². The fourth-order valence-corrected chi connectivity index (χ4v) is 2.64. The molecule has 0 spiro atoms. The summed E-state index contributed by atoms with van der Waals surface area (Å²) in [5.41, 5.74) is 5.43. The fraction of sp³-hybridized carbons (Fsp3) is 0.947. The van der Waals surface area contributed by atoms with Crippen LogP contribution in [0.2, 0.25) is 0 Å². The zero-order valence-corrected chi connectivity index (χ0v) is 15.5. The van der Waals surface area contributed by atoms with Crippen molar-refractivity contribution in [3.63, 3.8) is 0 Å². The van der Waals surface area contributed by atoms with Crippen LogP contribution in [0.25, 0.3) is 0 Å². The highest BCUT2D eigenvalue weighted by Gasteiger charge is 2.00. The summed E-state index contributed by atoms with van der Waals surface area (Å²) in [5.74, 6) is 0.226. The average Bonchev–Trinajstić information content (AvgIpc) is 2.56. The van der Waals surface area contributed by atoms with Crippen molar-refractivity contribution < 1.29 is 4.79 Å². The van der Waals surface area contributed by atoms with Crippen LogP contribution in [0.5, 0.6) is 0 Å². The Morgan fingerprint density at radius 1 is 0.739 bits per heavy atom. The SMILES string of the molecule is CCCCCCCCCCCC(=O)NCCCCNCCCN. The summed E-state index contributed by atoms with van der Waals surface area (Å²) >= 11 is 0. The molecule has 0 unspecified atom stereocenters. The average molecular weight is 328 g/mol. The lowest BCUT2D eigenvalue weighted by atomic mass is 10.1. The molecule has 138 valence electrons. The maximum Gasteiger partial charge on any atom is 0.219 e. The molecule has 0 saturated carbocycles. The number of unbranched alkanes of at least 4 members (excludes halogenated alkanes) is 9. The van der Waals surface area contributed by atoms with Gasteiger partial charge in [-0.15, -0.1) is 0 Å². The minimum atomic E-state index is 0.226. The van der Waals surface area contributed by atoms with Crippen LogP contribution in [0.3, 0.4) is 0 Å². The second-order valence-corrected chi connectivity index (χ2v) is 6.53. The van der Waals surface area contributed by atoms with E-state index < -0.39 is 0 Å². The molecule has 0 rings (SSSR count). The molecule has 0 fully saturated rings. The summed E-state index contributed by atoms with van der Waals surface area (Å²) in [6, 6.07) is 0. The second-order valence-electron chi connectivity index (χ2n) is 6.53. The van der Waals surface area contributed by atoms with Gasteiger partial charge < -0.3 is 16.4 Å². The molecule has 1 amide bonds. The van der Waals surface area contributed by atoms with Crippen molar-refractivity contribution in [2.75, 3.05) is 26.2 Å². The molecule has 4 N–H and O–H groups in total. The first-order chi connectivity index (χ1) is 11.3. The van der Waals surface area contributed by atoms with Gasteiger partial charge in [-0.3, -0.25) is 4.79 Å². The second kappa shape index (κ2) is 19.4. The lowest BCUT2D eigenvalue weighted by Gasteiger charge is -2.06. The van der Waals surface area contributed by atoms with Crippen molar-refractivity contribution >= 4 is 5.91 Å². The van der Waals surface area contributed by atoms with Gasteiger partial charge in [-0.1, -0.05) is 58.3 Å². The Hall–Kier alpha value is -0.610. The molecule has 0 saturated heterocycles. The Morgan fingerprint density at radius 3 is 1.96 bits per heavy atom. The summed E-state index contributed by atoms with van der Waals surface area (Å²) < 4.78 is 0. The van der Waals surface area contributed by atoms with Gasteiger partial charge in [0.25, 0.3) is 0 Å². The van der Waals surface area contributed by atoms with E-state index in [1.54, 1.807) is 0 Å². The highest BCUT2D eigenvalue weighted by Crippen LogP contribution is 2.10. The molecule has 0 aromatic carbocycles. The maximum atomic E-state index is 11.7. The number of rotatable bonds is 18. The van der Waals surface area contributed by atoms with Crippen molar-refractivity contribution in [3.05, 3.63) is 0 Å². The van der Waals surface area contributed by atoms with Gasteiger partial charge in [0.15, 0.2) is 0 Å². The van der Waals surface area contributed by atoms with Crippen molar-refractivity contribution in [1.29, 1.82) is 0 Å². The molecule has 0 aliphatic carbocycles. The highest BCUT2D eigenvalue weighted by atomic mass is 16.1. The zero-order chi connectivity index (χ0) is 17.0. The zero-order valence-electron chi connectivity index (χ0n) is 15.5. The number of amides is 1. The molecule has 0 aliphatic heterocycles. The molecule has 0 aliphatic rings. The van der Waals surface area contributed by atoms with Crippen LogP contribution in [0.1, 0.15) is 90.4 Å². The number of nitrogens with one attached hydrogen (secondary N) is 2. The van der Waals surface area contributed by atoms with Crippen molar-refractivity contribution in [2.45, 2.75) is 90.4 Å². The van der Waals surface area contributed by atoms with Gasteiger partial charge in [-0.25, -0.2) is 0 Å². The molecule has 4 nitrogen and oxygen atoms in total. The van der Waals surface area contributed by atoms with E-state index in [1.807, 2.05) is 0 Å². The van der Waals surface area contributed by atoms with Crippen molar-refractivity contribution in [3.8, 4) is 0 Å². The van der Waals surface area contributed by atoms with Crippen LogP contribution >= 0.6 is 0 Å². The first-order valence-corrected chi connectivity index (χ1v) is 9.98. The number of nitrogens with two attached hydrogens (primary N) is 1. The Bertz CT molecular complexity index is 247. The predicted molar refractivity (Wildman–Crippen MR) is 101 cm³/mol. The number of carbonyl (C=O) groups excluding carboxylic acids is 1. The van der Waals surface area contributed by atoms with Gasteiger partial charge >= 0.3 is 0 Å². The lowest BCUT2D eigenvalue weighted by Crippen LogP contribution is -2.25. The summed E-state index contributed by atoms with van der Waals surface area (Å²) in [6.45, 7) is 5.84. The van der Waals surface area contributed by atoms with Gasteiger partial charge in [0.1, 0.15) is 0 Å². The van der Waals surface area contributed by atoms with Gasteiger partial charge in [0, 0.05) is 13.0 Å². The summed E-state index contributed by atoms with van der Waals surface area (Å²) in [5, 5.41) is 6.37. The smallest absolute Gasteiger partial charge is 0.219 e.